The van der Waals surface area contributed by atoms with Crippen LogP contribution in [0, 0.1) is 5.82 Å². The molecular formula is C15H23FN2O. The van der Waals surface area contributed by atoms with Crippen molar-refractivity contribution in [2.45, 2.75) is 31.5 Å². The van der Waals surface area contributed by atoms with Gasteiger partial charge in [-0.3, -0.25) is 4.90 Å². The van der Waals surface area contributed by atoms with E-state index in [2.05, 4.69) is 10.2 Å². The molecule has 1 aromatic carbocycles. The third-order valence-electron chi connectivity index (χ3n) is 3.58. The molecule has 19 heavy (non-hydrogen) atoms. The Hall–Kier alpha value is -0.970. The Bertz CT molecular complexity index is 395. The molecule has 0 bridgehead atoms. The summed E-state index contributed by atoms with van der Waals surface area (Å²) >= 11 is 0. The van der Waals surface area contributed by atoms with E-state index < -0.39 is 0 Å². The summed E-state index contributed by atoms with van der Waals surface area (Å²) in [5.74, 6) is -0.138. The zero-order valence-electron chi connectivity index (χ0n) is 11.7. The summed E-state index contributed by atoms with van der Waals surface area (Å²) in [5.41, 5.74) is 0.734. The van der Waals surface area contributed by atoms with Crippen molar-refractivity contribution in [2.75, 3.05) is 27.3 Å². The predicted molar refractivity (Wildman–Crippen MR) is 74.6 cm³/mol. The zero-order chi connectivity index (χ0) is 13.7. The molecule has 1 fully saturated rings. The maximum atomic E-state index is 13.6. The molecule has 3 nitrogen and oxygen atoms in total. The minimum absolute atomic E-state index is 0.138. The fraction of sp³-hybridized carbons (Fsp3) is 0.600. The molecule has 1 aliphatic carbocycles. The van der Waals surface area contributed by atoms with Crippen LogP contribution in [-0.2, 0) is 11.3 Å². The molecule has 2 rings (SSSR count). The van der Waals surface area contributed by atoms with Crippen LogP contribution in [0.3, 0.4) is 0 Å². The first kappa shape index (κ1) is 14.4. The van der Waals surface area contributed by atoms with Gasteiger partial charge in [0.15, 0.2) is 0 Å². The molecule has 0 heterocycles. The maximum Gasteiger partial charge on any atom is 0.127 e. The van der Waals surface area contributed by atoms with Crippen LogP contribution in [0.1, 0.15) is 18.4 Å². The predicted octanol–water partition coefficient (Wildman–Crippen LogP) is 2.02. The van der Waals surface area contributed by atoms with Crippen LogP contribution in [0.25, 0.3) is 0 Å². The molecule has 0 aromatic heterocycles. The zero-order valence-corrected chi connectivity index (χ0v) is 11.7. The van der Waals surface area contributed by atoms with Gasteiger partial charge in [-0.15, -0.1) is 0 Å². The fourth-order valence-corrected chi connectivity index (χ4v) is 2.15. The highest BCUT2D eigenvalue weighted by atomic mass is 19.1. The van der Waals surface area contributed by atoms with E-state index in [-0.39, 0.29) is 11.9 Å². The molecular weight excluding hydrogens is 243 g/mol. The average molecular weight is 266 g/mol. The highest BCUT2D eigenvalue weighted by Crippen LogP contribution is 2.19. The van der Waals surface area contributed by atoms with Crippen LogP contribution < -0.4 is 5.32 Å². The summed E-state index contributed by atoms with van der Waals surface area (Å²) < 4.78 is 18.9. The van der Waals surface area contributed by atoms with E-state index in [0.717, 1.165) is 12.1 Å². The van der Waals surface area contributed by atoms with Crippen molar-refractivity contribution in [3.05, 3.63) is 35.6 Å². The van der Waals surface area contributed by atoms with Gasteiger partial charge in [0.2, 0.25) is 0 Å². The fourth-order valence-electron chi connectivity index (χ4n) is 2.15. The summed E-state index contributed by atoms with van der Waals surface area (Å²) in [5, 5.41) is 3.51. The minimum atomic E-state index is -0.138. The van der Waals surface area contributed by atoms with E-state index in [9.17, 15) is 4.39 Å². The van der Waals surface area contributed by atoms with E-state index in [1.165, 1.54) is 18.9 Å². The quantitative estimate of drug-likeness (QED) is 0.779. The van der Waals surface area contributed by atoms with Crippen LogP contribution in [0.2, 0.25) is 0 Å². The van der Waals surface area contributed by atoms with Crippen molar-refractivity contribution in [2.24, 2.45) is 0 Å². The van der Waals surface area contributed by atoms with Gasteiger partial charge >= 0.3 is 0 Å². The second-order valence-corrected chi connectivity index (χ2v) is 5.30. The van der Waals surface area contributed by atoms with E-state index in [1.54, 1.807) is 13.2 Å². The van der Waals surface area contributed by atoms with E-state index >= 15 is 0 Å². The van der Waals surface area contributed by atoms with Crippen molar-refractivity contribution >= 4 is 0 Å². The monoisotopic (exact) mass is 266 g/mol. The Morgan fingerprint density at radius 3 is 2.79 bits per heavy atom. The Balaban J connectivity index is 1.89. The molecule has 0 amide bonds. The summed E-state index contributed by atoms with van der Waals surface area (Å²) in [6.45, 7) is 2.15. The number of nitrogens with zero attached hydrogens (tertiary/aromatic N) is 1. The number of rotatable bonds is 8. The molecule has 1 unspecified atom stereocenters. The maximum absolute atomic E-state index is 13.6. The first-order chi connectivity index (χ1) is 9.20. The van der Waals surface area contributed by atoms with Crippen molar-refractivity contribution < 1.29 is 9.13 Å². The highest BCUT2D eigenvalue weighted by molar-refractivity contribution is 5.17. The number of benzene rings is 1. The standard InChI is InChI=1S/C15H23FN2O/c1-18(10-12-5-3-4-6-15(12)16)14(11-19-2)9-17-13-7-8-13/h3-6,13-14,17H,7-11H2,1-2H3. The Labute approximate surface area is 114 Å². The van der Waals surface area contributed by atoms with Gasteiger partial charge in [-0.25, -0.2) is 4.39 Å². The highest BCUT2D eigenvalue weighted by Gasteiger charge is 2.23. The van der Waals surface area contributed by atoms with Crippen molar-refractivity contribution in [3.63, 3.8) is 0 Å². The lowest BCUT2D eigenvalue weighted by molar-refractivity contribution is 0.100. The number of ether oxygens (including phenoxy) is 1. The molecule has 1 aromatic rings. The first-order valence-electron chi connectivity index (χ1n) is 6.86. The average Bonchev–Trinajstić information content (AvgIpc) is 3.21. The van der Waals surface area contributed by atoms with Gasteiger partial charge in [0.1, 0.15) is 5.82 Å². The Morgan fingerprint density at radius 2 is 2.16 bits per heavy atom. The van der Waals surface area contributed by atoms with Gasteiger partial charge in [0, 0.05) is 37.8 Å². The summed E-state index contributed by atoms with van der Waals surface area (Å²) in [6.07, 6.45) is 2.55. The van der Waals surface area contributed by atoms with Gasteiger partial charge in [-0.2, -0.15) is 0 Å². The second kappa shape index (κ2) is 6.98. The molecule has 106 valence electrons. The Kier molecular flexibility index (Phi) is 5.31. The number of halogens is 1. The summed E-state index contributed by atoms with van der Waals surface area (Å²) in [7, 11) is 3.73. The molecule has 0 saturated heterocycles. The van der Waals surface area contributed by atoms with Gasteiger partial charge in [0.05, 0.1) is 6.61 Å². The van der Waals surface area contributed by atoms with Gasteiger partial charge in [-0.05, 0) is 26.0 Å². The molecule has 0 radical (unpaired) electrons. The normalized spacial score (nSPS) is 16.8. The first-order valence-corrected chi connectivity index (χ1v) is 6.86. The van der Waals surface area contributed by atoms with Gasteiger partial charge in [0.25, 0.3) is 0 Å². The smallest absolute Gasteiger partial charge is 0.127 e. The molecule has 1 aliphatic rings. The van der Waals surface area contributed by atoms with Crippen molar-refractivity contribution in [3.8, 4) is 0 Å². The lowest BCUT2D eigenvalue weighted by atomic mass is 10.1. The lowest BCUT2D eigenvalue weighted by Gasteiger charge is -2.28. The number of methoxy groups -OCH3 is 1. The van der Waals surface area contributed by atoms with Crippen LogP contribution in [0.15, 0.2) is 24.3 Å². The molecule has 4 heteroatoms. The van der Waals surface area contributed by atoms with Crippen molar-refractivity contribution in [1.82, 2.24) is 10.2 Å². The largest absolute Gasteiger partial charge is 0.383 e. The number of nitrogens with one attached hydrogen (secondary N) is 1. The second-order valence-electron chi connectivity index (χ2n) is 5.30. The topological polar surface area (TPSA) is 24.5 Å². The molecule has 1 saturated carbocycles. The van der Waals surface area contributed by atoms with Crippen LogP contribution in [0.4, 0.5) is 4.39 Å². The number of hydrogen-bond acceptors (Lipinski definition) is 3. The van der Waals surface area contributed by atoms with E-state index in [1.807, 2.05) is 19.2 Å². The minimum Gasteiger partial charge on any atom is -0.383 e. The molecule has 0 aliphatic heterocycles. The molecule has 0 spiro atoms. The number of likely N-dealkylation sites (N-methyl/N-ethyl adjacent to an activating group) is 1. The van der Waals surface area contributed by atoms with E-state index in [4.69, 9.17) is 4.74 Å². The third kappa shape index (κ3) is 4.56. The third-order valence-corrected chi connectivity index (χ3v) is 3.58. The van der Waals surface area contributed by atoms with Crippen molar-refractivity contribution in [1.29, 1.82) is 0 Å². The summed E-state index contributed by atoms with van der Waals surface area (Å²) in [6, 6.07) is 7.90. The van der Waals surface area contributed by atoms with Crippen LogP contribution in [0.5, 0.6) is 0 Å². The SMILES string of the molecule is COCC(CNC1CC1)N(C)Cc1ccccc1F. The molecule has 1 atom stereocenters. The molecule has 1 N–H and O–H groups in total. The lowest BCUT2D eigenvalue weighted by Crippen LogP contribution is -2.43. The van der Waals surface area contributed by atoms with Crippen LogP contribution >= 0.6 is 0 Å². The van der Waals surface area contributed by atoms with Gasteiger partial charge in [-0.1, -0.05) is 18.2 Å². The summed E-state index contributed by atoms with van der Waals surface area (Å²) in [4.78, 5) is 2.15. The number of hydrogen-bond donors (Lipinski definition) is 1. The van der Waals surface area contributed by atoms with E-state index in [0.29, 0.717) is 19.2 Å². The van der Waals surface area contributed by atoms with Crippen LogP contribution in [-0.4, -0.2) is 44.3 Å². The Morgan fingerprint density at radius 1 is 1.42 bits per heavy atom. The van der Waals surface area contributed by atoms with Gasteiger partial charge < -0.3 is 10.1 Å².